The second-order valence-corrected chi connectivity index (χ2v) is 6.14. The molecule has 3 unspecified atom stereocenters. The van der Waals surface area contributed by atoms with Crippen LogP contribution < -0.4 is 10.1 Å². The van der Waals surface area contributed by atoms with Crippen molar-refractivity contribution in [3.8, 4) is 5.75 Å². The third kappa shape index (κ3) is 2.49. The van der Waals surface area contributed by atoms with E-state index in [1.165, 1.54) is 0 Å². The Hall–Kier alpha value is -1.30. The molecule has 0 aliphatic carbocycles. The predicted molar refractivity (Wildman–Crippen MR) is 73.0 cm³/mol. The first-order chi connectivity index (χ1) is 9.56. The number of epoxide rings is 3. The molecular weight excluding hydrogens is 258 g/mol. The van der Waals surface area contributed by atoms with E-state index in [2.05, 4.69) is 18.3 Å². The first-order valence-corrected chi connectivity index (χ1v) is 7.01. The molecular formula is C15H19NO4. The topological polar surface area (TPSA) is 58.9 Å². The van der Waals surface area contributed by atoms with Gasteiger partial charge in [-0.25, -0.2) is 0 Å². The Labute approximate surface area is 118 Å². The normalized spacial score (nSPS) is 37.4. The molecule has 3 fully saturated rings. The number of nitrogens with one attached hydrogen (secondary N) is 1. The van der Waals surface area contributed by atoms with Crippen LogP contribution >= 0.6 is 0 Å². The lowest BCUT2D eigenvalue weighted by atomic mass is 10.00. The average molecular weight is 277 g/mol. The zero-order valence-corrected chi connectivity index (χ0v) is 11.8. The van der Waals surface area contributed by atoms with Crippen LogP contribution in [0.3, 0.4) is 0 Å². The maximum atomic E-state index is 5.86. The van der Waals surface area contributed by atoms with Gasteiger partial charge >= 0.3 is 0 Å². The molecule has 4 rings (SSSR count). The summed E-state index contributed by atoms with van der Waals surface area (Å²) in [4.78, 5) is 0. The van der Waals surface area contributed by atoms with E-state index in [0.717, 1.165) is 36.8 Å². The van der Waals surface area contributed by atoms with Crippen molar-refractivity contribution in [1.29, 1.82) is 0 Å². The summed E-state index contributed by atoms with van der Waals surface area (Å²) in [6.45, 7) is 7.02. The second-order valence-electron chi connectivity index (χ2n) is 6.14. The van der Waals surface area contributed by atoms with Gasteiger partial charge in [0.25, 0.3) is 0 Å². The molecule has 0 aromatic heterocycles. The summed E-state index contributed by atoms with van der Waals surface area (Å²) in [5, 5.41) is 3.38. The summed E-state index contributed by atoms with van der Waals surface area (Å²) in [6.07, 6.45) is 0.257. The number of benzene rings is 1. The molecule has 0 radical (unpaired) electrons. The van der Waals surface area contributed by atoms with Crippen LogP contribution in [0, 0.1) is 0 Å². The minimum absolute atomic E-state index is 0.215. The van der Waals surface area contributed by atoms with Crippen LogP contribution in [0.4, 0.5) is 5.69 Å². The van der Waals surface area contributed by atoms with Crippen LogP contribution in [0.1, 0.15) is 19.4 Å². The van der Waals surface area contributed by atoms with Gasteiger partial charge in [-0.15, -0.1) is 0 Å². The van der Waals surface area contributed by atoms with Gasteiger partial charge in [-0.1, -0.05) is 0 Å². The van der Waals surface area contributed by atoms with Crippen molar-refractivity contribution in [2.24, 2.45) is 0 Å². The van der Waals surface area contributed by atoms with Crippen LogP contribution in [0.15, 0.2) is 18.2 Å². The van der Waals surface area contributed by atoms with Crippen molar-refractivity contribution in [2.45, 2.75) is 31.3 Å². The van der Waals surface area contributed by atoms with Gasteiger partial charge in [0, 0.05) is 11.3 Å². The van der Waals surface area contributed by atoms with E-state index >= 15 is 0 Å². The van der Waals surface area contributed by atoms with E-state index in [4.69, 9.17) is 18.9 Å². The van der Waals surface area contributed by atoms with Crippen molar-refractivity contribution < 1.29 is 18.9 Å². The van der Waals surface area contributed by atoms with E-state index in [9.17, 15) is 0 Å². The highest BCUT2D eigenvalue weighted by Gasteiger charge is 2.44. The second kappa shape index (κ2) is 4.10. The van der Waals surface area contributed by atoms with E-state index in [-0.39, 0.29) is 17.4 Å². The summed E-state index contributed by atoms with van der Waals surface area (Å²) in [5.41, 5.74) is 1.69. The molecule has 3 atom stereocenters. The van der Waals surface area contributed by atoms with Gasteiger partial charge in [-0.2, -0.15) is 0 Å². The van der Waals surface area contributed by atoms with E-state index in [1.54, 1.807) is 0 Å². The third-order valence-electron chi connectivity index (χ3n) is 3.94. The van der Waals surface area contributed by atoms with Crippen molar-refractivity contribution in [3.63, 3.8) is 0 Å². The molecule has 1 aromatic rings. The molecule has 0 saturated carbocycles. The number of rotatable bonds is 6. The fourth-order valence-electron chi connectivity index (χ4n) is 2.24. The largest absolute Gasteiger partial charge is 0.490 e. The number of hydrogen-bond acceptors (Lipinski definition) is 5. The number of anilines is 1. The zero-order valence-electron chi connectivity index (χ0n) is 11.8. The summed E-state index contributed by atoms with van der Waals surface area (Å²) in [7, 11) is 0. The molecule has 5 nitrogen and oxygen atoms in total. The Bertz CT molecular complexity index is 533. The van der Waals surface area contributed by atoms with Gasteiger partial charge in [-0.05, 0) is 32.0 Å². The first-order valence-electron chi connectivity index (χ1n) is 7.01. The highest BCUT2D eigenvalue weighted by molar-refractivity contribution is 5.55. The molecule has 1 N–H and O–H groups in total. The summed E-state index contributed by atoms with van der Waals surface area (Å²) in [6, 6.07) is 6.12. The van der Waals surface area contributed by atoms with Crippen LogP contribution in [0.25, 0.3) is 0 Å². The van der Waals surface area contributed by atoms with Gasteiger partial charge in [0.2, 0.25) is 0 Å². The molecule has 3 saturated heterocycles. The van der Waals surface area contributed by atoms with E-state index in [0.29, 0.717) is 6.61 Å². The lowest BCUT2D eigenvalue weighted by Crippen LogP contribution is -2.19. The van der Waals surface area contributed by atoms with Crippen molar-refractivity contribution >= 4 is 5.69 Å². The average Bonchev–Trinajstić information content (AvgIpc) is 3.25. The van der Waals surface area contributed by atoms with E-state index < -0.39 is 0 Å². The maximum absolute atomic E-state index is 5.86. The van der Waals surface area contributed by atoms with Gasteiger partial charge in [0.15, 0.2) is 5.72 Å². The molecule has 3 aliphatic rings. The Kier molecular flexibility index (Phi) is 2.55. The lowest BCUT2D eigenvalue weighted by molar-refractivity contribution is 0.252. The van der Waals surface area contributed by atoms with Crippen LogP contribution in [0.5, 0.6) is 5.75 Å². The van der Waals surface area contributed by atoms with Gasteiger partial charge in [-0.3, -0.25) is 0 Å². The van der Waals surface area contributed by atoms with Gasteiger partial charge in [0.05, 0.1) is 19.8 Å². The summed E-state index contributed by atoms with van der Waals surface area (Å²) < 4.78 is 22.0. The SMILES string of the molecule is CC1(Nc2ccc(OCC3CO3)c(C3(C)CO3)c2)CO1. The Morgan fingerprint density at radius 1 is 1.30 bits per heavy atom. The molecule has 0 spiro atoms. The predicted octanol–water partition coefficient (Wildman–Crippen LogP) is 1.87. The van der Waals surface area contributed by atoms with Crippen LogP contribution in [-0.4, -0.2) is 38.3 Å². The minimum Gasteiger partial charge on any atom is -0.490 e. The third-order valence-corrected chi connectivity index (χ3v) is 3.94. The van der Waals surface area contributed by atoms with Gasteiger partial charge in [0.1, 0.15) is 24.1 Å². The molecule has 20 heavy (non-hydrogen) atoms. The monoisotopic (exact) mass is 277 g/mol. The fraction of sp³-hybridized carbons (Fsp3) is 0.600. The number of hydrogen-bond donors (Lipinski definition) is 1. The molecule has 0 bridgehead atoms. The smallest absolute Gasteiger partial charge is 0.159 e. The van der Waals surface area contributed by atoms with Crippen LogP contribution in [-0.2, 0) is 19.8 Å². The Morgan fingerprint density at radius 2 is 2.05 bits per heavy atom. The molecule has 0 amide bonds. The Balaban J connectivity index is 1.57. The van der Waals surface area contributed by atoms with Crippen molar-refractivity contribution in [2.75, 3.05) is 31.7 Å². The fourth-order valence-corrected chi connectivity index (χ4v) is 2.24. The molecule has 1 aromatic carbocycles. The maximum Gasteiger partial charge on any atom is 0.159 e. The highest BCUT2D eigenvalue weighted by Crippen LogP contribution is 2.44. The quantitative estimate of drug-likeness (QED) is 0.804. The zero-order chi connectivity index (χ0) is 13.8. The molecule has 108 valence electrons. The van der Waals surface area contributed by atoms with Gasteiger partial charge < -0.3 is 24.3 Å². The lowest BCUT2D eigenvalue weighted by Gasteiger charge is -2.17. The minimum atomic E-state index is -0.219. The standard InChI is InChI=1S/C15H19NO4/c1-14(8-19-14)12-5-10(16-15(2)9-20-15)3-4-13(12)18-7-11-6-17-11/h3-5,11,16H,6-9H2,1-2H3. The molecule has 5 heteroatoms. The molecule has 3 aliphatic heterocycles. The van der Waals surface area contributed by atoms with Crippen molar-refractivity contribution in [1.82, 2.24) is 0 Å². The highest BCUT2D eigenvalue weighted by atomic mass is 16.6. The summed E-state index contributed by atoms with van der Waals surface area (Å²) >= 11 is 0. The number of ether oxygens (including phenoxy) is 4. The molecule has 3 heterocycles. The van der Waals surface area contributed by atoms with E-state index in [1.807, 2.05) is 19.1 Å². The summed E-state index contributed by atoms with van der Waals surface area (Å²) in [5.74, 6) is 0.882. The van der Waals surface area contributed by atoms with Crippen LogP contribution in [0.2, 0.25) is 0 Å². The first kappa shape index (κ1) is 12.4. The van der Waals surface area contributed by atoms with Crippen molar-refractivity contribution in [3.05, 3.63) is 23.8 Å². The Morgan fingerprint density at radius 3 is 2.65 bits per heavy atom.